The van der Waals surface area contributed by atoms with Gasteiger partial charge in [-0.1, -0.05) is 6.07 Å². The van der Waals surface area contributed by atoms with E-state index in [9.17, 15) is 5.11 Å². The van der Waals surface area contributed by atoms with Crippen molar-refractivity contribution >= 4 is 15.9 Å². The van der Waals surface area contributed by atoms with Crippen molar-refractivity contribution < 1.29 is 5.11 Å². The van der Waals surface area contributed by atoms with Crippen molar-refractivity contribution in [1.82, 2.24) is 14.8 Å². The van der Waals surface area contributed by atoms with E-state index in [4.69, 9.17) is 0 Å². The lowest BCUT2D eigenvalue weighted by atomic mass is 10.0. The van der Waals surface area contributed by atoms with E-state index in [1.807, 2.05) is 37.6 Å². The molecular formula is C14H18BrN3O. The van der Waals surface area contributed by atoms with Gasteiger partial charge >= 0.3 is 0 Å². The molecule has 0 saturated carbocycles. The maximum atomic E-state index is 10.4. The van der Waals surface area contributed by atoms with Gasteiger partial charge in [-0.3, -0.25) is 9.67 Å². The van der Waals surface area contributed by atoms with Gasteiger partial charge < -0.3 is 5.11 Å². The van der Waals surface area contributed by atoms with Crippen molar-refractivity contribution in [3.63, 3.8) is 0 Å². The second-order valence-electron chi connectivity index (χ2n) is 4.56. The predicted molar refractivity (Wildman–Crippen MR) is 78.0 cm³/mol. The highest BCUT2D eigenvalue weighted by Crippen LogP contribution is 2.27. The zero-order chi connectivity index (χ0) is 14.0. The SMILES string of the molecule is CCn1nc(C)c(Br)c1CC(O)c1cccnc1C. The van der Waals surface area contributed by atoms with Gasteiger partial charge in [-0.05, 0) is 42.8 Å². The van der Waals surface area contributed by atoms with Crippen LogP contribution in [0.2, 0.25) is 0 Å². The van der Waals surface area contributed by atoms with Gasteiger partial charge in [-0.15, -0.1) is 0 Å². The molecule has 0 fully saturated rings. The summed E-state index contributed by atoms with van der Waals surface area (Å²) in [5.41, 5.74) is 3.71. The molecule has 0 amide bonds. The molecular weight excluding hydrogens is 306 g/mol. The topological polar surface area (TPSA) is 50.9 Å². The van der Waals surface area contributed by atoms with Gasteiger partial charge in [-0.2, -0.15) is 5.10 Å². The zero-order valence-corrected chi connectivity index (χ0v) is 13.0. The molecule has 0 aliphatic heterocycles. The van der Waals surface area contributed by atoms with Crippen molar-refractivity contribution in [3.8, 4) is 0 Å². The van der Waals surface area contributed by atoms with Crippen molar-refractivity contribution in [3.05, 3.63) is 45.4 Å². The van der Waals surface area contributed by atoms with Crippen molar-refractivity contribution in [2.24, 2.45) is 0 Å². The molecule has 1 unspecified atom stereocenters. The summed E-state index contributed by atoms with van der Waals surface area (Å²) in [7, 11) is 0. The normalized spacial score (nSPS) is 12.7. The minimum atomic E-state index is -0.564. The summed E-state index contributed by atoms with van der Waals surface area (Å²) >= 11 is 3.55. The Morgan fingerprint density at radius 2 is 2.11 bits per heavy atom. The Balaban J connectivity index is 2.29. The molecule has 1 N–H and O–H groups in total. The van der Waals surface area contributed by atoms with E-state index in [-0.39, 0.29) is 0 Å². The Kier molecular flexibility index (Phi) is 4.37. The van der Waals surface area contributed by atoms with Gasteiger partial charge in [0.05, 0.1) is 22.0 Å². The van der Waals surface area contributed by atoms with E-state index in [1.165, 1.54) is 0 Å². The molecule has 1 atom stereocenters. The molecule has 4 nitrogen and oxygen atoms in total. The number of rotatable bonds is 4. The lowest BCUT2D eigenvalue weighted by Gasteiger charge is -2.14. The van der Waals surface area contributed by atoms with Crippen LogP contribution in [-0.2, 0) is 13.0 Å². The minimum Gasteiger partial charge on any atom is -0.388 e. The lowest BCUT2D eigenvalue weighted by Crippen LogP contribution is -2.10. The lowest BCUT2D eigenvalue weighted by molar-refractivity contribution is 0.174. The number of aliphatic hydroxyl groups excluding tert-OH is 1. The molecule has 2 heterocycles. The van der Waals surface area contributed by atoms with Crippen molar-refractivity contribution in [1.29, 1.82) is 0 Å². The standard InChI is InChI=1S/C14H18BrN3O/c1-4-18-12(14(15)10(3)17-18)8-13(19)11-6-5-7-16-9(11)2/h5-7,13,19H,4,8H2,1-3H3. The summed E-state index contributed by atoms with van der Waals surface area (Å²) < 4.78 is 2.91. The number of aryl methyl sites for hydroxylation is 3. The fourth-order valence-electron chi connectivity index (χ4n) is 2.21. The largest absolute Gasteiger partial charge is 0.388 e. The van der Waals surface area contributed by atoms with E-state index < -0.39 is 6.10 Å². The molecule has 2 aromatic heterocycles. The van der Waals surface area contributed by atoms with Crippen LogP contribution in [0.3, 0.4) is 0 Å². The highest BCUT2D eigenvalue weighted by molar-refractivity contribution is 9.10. The maximum absolute atomic E-state index is 10.4. The van der Waals surface area contributed by atoms with Gasteiger partial charge in [0, 0.05) is 30.4 Å². The van der Waals surface area contributed by atoms with E-state index in [2.05, 4.69) is 26.0 Å². The molecule has 19 heavy (non-hydrogen) atoms. The quantitative estimate of drug-likeness (QED) is 0.941. The van der Waals surface area contributed by atoms with Crippen LogP contribution in [0.1, 0.15) is 35.7 Å². The number of pyridine rings is 1. The smallest absolute Gasteiger partial charge is 0.0863 e. The second-order valence-corrected chi connectivity index (χ2v) is 5.35. The van der Waals surface area contributed by atoms with Crippen LogP contribution in [0.25, 0.3) is 0 Å². The Morgan fingerprint density at radius 3 is 2.74 bits per heavy atom. The molecule has 0 bridgehead atoms. The first kappa shape index (κ1) is 14.2. The molecule has 0 aromatic carbocycles. The third kappa shape index (κ3) is 2.87. The van der Waals surface area contributed by atoms with Crippen LogP contribution in [0.5, 0.6) is 0 Å². The highest BCUT2D eigenvalue weighted by atomic mass is 79.9. The predicted octanol–water partition coefficient (Wildman–Crippen LogP) is 2.95. The van der Waals surface area contributed by atoms with Gasteiger partial charge in [0.15, 0.2) is 0 Å². The van der Waals surface area contributed by atoms with Crippen LogP contribution >= 0.6 is 15.9 Å². The Morgan fingerprint density at radius 1 is 1.37 bits per heavy atom. The molecule has 0 spiro atoms. The monoisotopic (exact) mass is 323 g/mol. The van der Waals surface area contributed by atoms with Gasteiger partial charge in [0.2, 0.25) is 0 Å². The summed E-state index contributed by atoms with van der Waals surface area (Å²) in [4.78, 5) is 4.22. The Labute approximate surface area is 121 Å². The molecule has 2 aromatic rings. The first-order valence-electron chi connectivity index (χ1n) is 6.36. The summed E-state index contributed by atoms with van der Waals surface area (Å²) in [5.74, 6) is 0. The van der Waals surface area contributed by atoms with Gasteiger partial charge in [0.25, 0.3) is 0 Å². The van der Waals surface area contributed by atoms with E-state index in [0.717, 1.165) is 33.7 Å². The summed E-state index contributed by atoms with van der Waals surface area (Å²) in [6, 6.07) is 3.77. The summed E-state index contributed by atoms with van der Waals surface area (Å²) in [6.07, 6.45) is 1.70. The molecule has 0 aliphatic rings. The van der Waals surface area contributed by atoms with Crippen LogP contribution in [-0.4, -0.2) is 19.9 Å². The molecule has 0 saturated heterocycles. The average molecular weight is 324 g/mol. The minimum absolute atomic E-state index is 0.530. The maximum Gasteiger partial charge on any atom is 0.0863 e. The fraction of sp³-hybridized carbons (Fsp3) is 0.429. The number of nitrogens with zero attached hydrogens (tertiary/aromatic N) is 3. The van der Waals surface area contributed by atoms with Crippen LogP contribution < -0.4 is 0 Å². The number of aliphatic hydroxyl groups is 1. The van der Waals surface area contributed by atoms with Gasteiger partial charge in [-0.25, -0.2) is 0 Å². The van der Waals surface area contributed by atoms with E-state index in [0.29, 0.717) is 6.42 Å². The third-order valence-corrected chi connectivity index (χ3v) is 4.28. The third-order valence-electron chi connectivity index (χ3n) is 3.25. The van der Waals surface area contributed by atoms with Crippen LogP contribution in [0, 0.1) is 13.8 Å². The van der Waals surface area contributed by atoms with Gasteiger partial charge in [0.1, 0.15) is 0 Å². The second kappa shape index (κ2) is 5.84. The Hall–Kier alpha value is -1.20. The summed E-state index contributed by atoms with van der Waals surface area (Å²) in [6.45, 7) is 6.71. The first-order chi connectivity index (χ1) is 9.04. The molecule has 102 valence electrons. The van der Waals surface area contributed by atoms with Crippen LogP contribution in [0.4, 0.5) is 0 Å². The number of hydrogen-bond acceptors (Lipinski definition) is 3. The fourth-order valence-corrected chi connectivity index (χ4v) is 2.65. The van der Waals surface area contributed by atoms with Crippen molar-refractivity contribution in [2.75, 3.05) is 0 Å². The summed E-state index contributed by atoms with van der Waals surface area (Å²) in [5, 5.41) is 14.8. The molecule has 5 heteroatoms. The van der Waals surface area contributed by atoms with E-state index in [1.54, 1.807) is 6.20 Å². The van der Waals surface area contributed by atoms with Crippen molar-refractivity contribution in [2.45, 2.75) is 39.8 Å². The number of halogens is 1. The Bertz CT molecular complexity index is 580. The molecule has 0 aliphatic carbocycles. The molecule has 0 radical (unpaired) electrons. The number of hydrogen-bond donors (Lipinski definition) is 1. The average Bonchev–Trinajstić information content (AvgIpc) is 2.67. The highest BCUT2D eigenvalue weighted by Gasteiger charge is 2.18. The zero-order valence-electron chi connectivity index (χ0n) is 11.4. The van der Waals surface area contributed by atoms with E-state index >= 15 is 0 Å². The number of aromatic nitrogens is 3. The van der Waals surface area contributed by atoms with Crippen LogP contribution in [0.15, 0.2) is 22.8 Å². The first-order valence-corrected chi connectivity index (χ1v) is 7.15. The molecule has 2 rings (SSSR count).